The van der Waals surface area contributed by atoms with Crippen molar-refractivity contribution >= 4 is 38.9 Å². The molecule has 0 aliphatic rings. The van der Waals surface area contributed by atoms with E-state index >= 15 is 0 Å². The maximum absolute atomic E-state index is 11.9. The standard InChI is InChI=1S/C15H14BrN3O3/c1-10-13(6-3-7-14(10)19(21)22)18-15(20)9-17-12-5-2-4-11(16)8-12/h2-8,17H,9H2,1H3,(H,18,20). The molecule has 0 saturated carbocycles. The second-order valence-corrected chi connectivity index (χ2v) is 5.53. The number of amides is 1. The van der Waals surface area contributed by atoms with Gasteiger partial charge >= 0.3 is 0 Å². The molecule has 2 rings (SSSR count). The van der Waals surface area contributed by atoms with Gasteiger partial charge in [-0.3, -0.25) is 14.9 Å². The largest absolute Gasteiger partial charge is 0.376 e. The first-order chi connectivity index (χ1) is 10.5. The van der Waals surface area contributed by atoms with Crippen molar-refractivity contribution < 1.29 is 9.72 Å². The fourth-order valence-electron chi connectivity index (χ4n) is 1.93. The van der Waals surface area contributed by atoms with Crippen molar-refractivity contribution in [2.45, 2.75) is 6.92 Å². The Balaban J connectivity index is 2.01. The van der Waals surface area contributed by atoms with Crippen LogP contribution in [0.15, 0.2) is 46.9 Å². The molecule has 2 aromatic carbocycles. The van der Waals surface area contributed by atoms with Gasteiger partial charge in [-0.05, 0) is 31.2 Å². The number of nitrogens with zero attached hydrogens (tertiary/aromatic N) is 1. The molecule has 0 unspecified atom stereocenters. The Morgan fingerprint density at radius 1 is 1.27 bits per heavy atom. The Labute approximate surface area is 135 Å². The van der Waals surface area contributed by atoms with E-state index in [1.807, 2.05) is 24.3 Å². The van der Waals surface area contributed by atoms with E-state index in [0.717, 1.165) is 10.2 Å². The lowest BCUT2D eigenvalue weighted by atomic mass is 10.1. The van der Waals surface area contributed by atoms with Gasteiger partial charge in [0.05, 0.1) is 22.7 Å². The van der Waals surface area contributed by atoms with Crippen LogP contribution in [0.1, 0.15) is 5.56 Å². The van der Waals surface area contributed by atoms with E-state index in [1.54, 1.807) is 19.1 Å². The predicted octanol–water partition coefficient (Wildman–Crippen LogP) is 3.72. The topological polar surface area (TPSA) is 84.3 Å². The lowest BCUT2D eigenvalue weighted by molar-refractivity contribution is -0.385. The normalized spacial score (nSPS) is 10.1. The van der Waals surface area contributed by atoms with Gasteiger partial charge < -0.3 is 10.6 Å². The Morgan fingerprint density at radius 2 is 2.00 bits per heavy atom. The van der Waals surface area contributed by atoms with Gasteiger partial charge in [0.2, 0.25) is 5.91 Å². The maximum atomic E-state index is 11.9. The lowest BCUT2D eigenvalue weighted by Gasteiger charge is -2.10. The van der Waals surface area contributed by atoms with Crippen molar-refractivity contribution in [1.82, 2.24) is 0 Å². The second-order valence-electron chi connectivity index (χ2n) is 4.62. The number of carbonyl (C=O) groups is 1. The molecule has 0 bridgehead atoms. The number of nitro benzene ring substituents is 1. The molecule has 2 aromatic rings. The number of rotatable bonds is 5. The van der Waals surface area contributed by atoms with Crippen molar-refractivity contribution in [1.29, 1.82) is 0 Å². The molecule has 1 amide bonds. The molecule has 0 aliphatic carbocycles. The highest BCUT2D eigenvalue weighted by molar-refractivity contribution is 9.10. The van der Waals surface area contributed by atoms with Gasteiger partial charge in [-0.2, -0.15) is 0 Å². The fourth-order valence-corrected chi connectivity index (χ4v) is 2.33. The van der Waals surface area contributed by atoms with Crippen LogP contribution in [-0.2, 0) is 4.79 Å². The lowest BCUT2D eigenvalue weighted by Crippen LogP contribution is -2.22. The highest BCUT2D eigenvalue weighted by Gasteiger charge is 2.14. The quantitative estimate of drug-likeness (QED) is 0.626. The first-order valence-electron chi connectivity index (χ1n) is 6.50. The number of carbonyl (C=O) groups excluding carboxylic acids is 1. The summed E-state index contributed by atoms with van der Waals surface area (Å²) in [6, 6.07) is 12.0. The van der Waals surface area contributed by atoms with Crippen LogP contribution in [0.2, 0.25) is 0 Å². The SMILES string of the molecule is Cc1c(NC(=O)CNc2cccc(Br)c2)cccc1[N+](=O)[O-]. The van der Waals surface area contributed by atoms with E-state index in [1.165, 1.54) is 6.07 Å². The van der Waals surface area contributed by atoms with E-state index in [0.29, 0.717) is 11.3 Å². The number of nitrogens with one attached hydrogen (secondary N) is 2. The summed E-state index contributed by atoms with van der Waals surface area (Å²) in [5, 5.41) is 16.5. The third-order valence-corrected chi connectivity index (χ3v) is 3.55. The monoisotopic (exact) mass is 363 g/mol. The molecule has 0 aromatic heterocycles. The summed E-state index contributed by atoms with van der Waals surface area (Å²) in [7, 11) is 0. The van der Waals surface area contributed by atoms with Gasteiger partial charge in [-0.15, -0.1) is 0 Å². The molecule has 0 heterocycles. The minimum Gasteiger partial charge on any atom is -0.376 e. The average molecular weight is 364 g/mol. The Morgan fingerprint density at radius 3 is 2.68 bits per heavy atom. The molecular weight excluding hydrogens is 350 g/mol. The fraction of sp³-hybridized carbons (Fsp3) is 0.133. The zero-order valence-corrected chi connectivity index (χ0v) is 13.4. The summed E-state index contributed by atoms with van der Waals surface area (Å²) in [5.41, 5.74) is 1.66. The van der Waals surface area contributed by atoms with E-state index in [2.05, 4.69) is 26.6 Å². The molecule has 0 spiro atoms. The van der Waals surface area contributed by atoms with E-state index in [-0.39, 0.29) is 18.1 Å². The van der Waals surface area contributed by atoms with Gasteiger partial charge in [0.1, 0.15) is 0 Å². The second kappa shape index (κ2) is 7.04. The highest BCUT2D eigenvalue weighted by atomic mass is 79.9. The minimum atomic E-state index is -0.468. The van der Waals surface area contributed by atoms with Crippen molar-refractivity contribution in [3.63, 3.8) is 0 Å². The first-order valence-corrected chi connectivity index (χ1v) is 7.30. The van der Waals surface area contributed by atoms with Gasteiger partial charge in [0, 0.05) is 16.2 Å². The van der Waals surface area contributed by atoms with Gasteiger partial charge in [-0.25, -0.2) is 0 Å². The average Bonchev–Trinajstić information content (AvgIpc) is 2.47. The summed E-state index contributed by atoms with van der Waals surface area (Å²) in [5.74, 6) is -0.274. The third-order valence-electron chi connectivity index (χ3n) is 3.05. The molecule has 0 aliphatic heterocycles. The van der Waals surface area contributed by atoms with Crippen molar-refractivity contribution in [3.05, 3.63) is 62.6 Å². The molecule has 0 fully saturated rings. The maximum Gasteiger partial charge on any atom is 0.274 e. The molecule has 22 heavy (non-hydrogen) atoms. The summed E-state index contributed by atoms with van der Waals surface area (Å²) in [6.45, 7) is 1.67. The van der Waals surface area contributed by atoms with Gasteiger partial charge in [-0.1, -0.05) is 28.1 Å². The summed E-state index contributed by atoms with van der Waals surface area (Å²) in [4.78, 5) is 22.4. The van der Waals surface area contributed by atoms with Crippen molar-refractivity contribution in [3.8, 4) is 0 Å². The predicted molar refractivity (Wildman–Crippen MR) is 89.1 cm³/mol. The van der Waals surface area contributed by atoms with Crippen molar-refractivity contribution in [2.24, 2.45) is 0 Å². The summed E-state index contributed by atoms with van der Waals surface area (Å²) >= 11 is 3.35. The number of halogens is 1. The van der Waals surface area contributed by atoms with Crippen LogP contribution in [0.5, 0.6) is 0 Å². The molecule has 0 saturated heterocycles. The Kier molecular flexibility index (Phi) is 5.11. The zero-order valence-electron chi connectivity index (χ0n) is 11.8. The van der Waals surface area contributed by atoms with E-state index < -0.39 is 4.92 Å². The van der Waals surface area contributed by atoms with Crippen LogP contribution < -0.4 is 10.6 Å². The van der Waals surface area contributed by atoms with Crippen LogP contribution in [0.3, 0.4) is 0 Å². The number of anilines is 2. The molecule has 0 radical (unpaired) electrons. The number of hydrogen-bond acceptors (Lipinski definition) is 4. The van der Waals surface area contributed by atoms with Crippen LogP contribution in [0, 0.1) is 17.0 Å². The van der Waals surface area contributed by atoms with E-state index in [9.17, 15) is 14.9 Å². The molecule has 6 nitrogen and oxygen atoms in total. The Bertz CT molecular complexity index is 719. The molecule has 2 N–H and O–H groups in total. The highest BCUT2D eigenvalue weighted by Crippen LogP contribution is 2.25. The third kappa shape index (κ3) is 4.05. The molecule has 7 heteroatoms. The van der Waals surface area contributed by atoms with Gasteiger partial charge in [0.15, 0.2) is 0 Å². The summed E-state index contributed by atoms with van der Waals surface area (Å²) < 4.78 is 0.910. The van der Waals surface area contributed by atoms with Crippen molar-refractivity contribution in [2.75, 3.05) is 17.2 Å². The first kappa shape index (κ1) is 16.0. The number of benzene rings is 2. The zero-order chi connectivity index (χ0) is 16.1. The molecular formula is C15H14BrN3O3. The van der Waals surface area contributed by atoms with Crippen LogP contribution in [-0.4, -0.2) is 17.4 Å². The van der Waals surface area contributed by atoms with Crippen LogP contribution >= 0.6 is 15.9 Å². The summed E-state index contributed by atoms with van der Waals surface area (Å²) in [6.07, 6.45) is 0. The number of hydrogen-bond donors (Lipinski definition) is 2. The van der Waals surface area contributed by atoms with Crippen LogP contribution in [0.4, 0.5) is 17.1 Å². The van der Waals surface area contributed by atoms with Crippen LogP contribution in [0.25, 0.3) is 0 Å². The Hall–Kier alpha value is -2.41. The smallest absolute Gasteiger partial charge is 0.274 e. The number of nitro groups is 1. The minimum absolute atomic E-state index is 0.0160. The van der Waals surface area contributed by atoms with E-state index in [4.69, 9.17) is 0 Å². The molecule has 0 atom stereocenters. The van der Waals surface area contributed by atoms with Gasteiger partial charge in [0.25, 0.3) is 5.69 Å². The molecule has 114 valence electrons.